The van der Waals surface area contributed by atoms with Gasteiger partial charge in [-0.2, -0.15) is 0 Å². The molecular weight excluding hydrogens is 424 g/mol. The predicted octanol–water partition coefficient (Wildman–Crippen LogP) is 5.11. The molecule has 3 N–H and O–H groups in total. The maximum atomic E-state index is 13.0. The number of aromatic nitrogens is 1. The van der Waals surface area contributed by atoms with E-state index >= 15 is 0 Å². The van der Waals surface area contributed by atoms with Crippen LogP contribution < -0.4 is 5.32 Å². The first kappa shape index (κ1) is 22.8. The van der Waals surface area contributed by atoms with Crippen LogP contribution in [0.15, 0.2) is 66.9 Å². The van der Waals surface area contributed by atoms with Crippen LogP contribution in [-0.4, -0.2) is 26.7 Å². The van der Waals surface area contributed by atoms with Crippen molar-refractivity contribution in [3.05, 3.63) is 94.8 Å². The molecule has 0 saturated heterocycles. The molecule has 1 heterocycles. The molecule has 3 aromatic rings. The average molecular weight is 457 g/mol. The van der Waals surface area contributed by atoms with Gasteiger partial charge in [0.15, 0.2) is 0 Å². The van der Waals surface area contributed by atoms with Gasteiger partial charge in [0.1, 0.15) is 0 Å². The molecule has 1 fully saturated rings. The molecule has 1 saturated carbocycles. The van der Waals surface area contributed by atoms with Crippen LogP contribution in [0.25, 0.3) is 0 Å². The van der Waals surface area contributed by atoms with Crippen molar-refractivity contribution in [3.8, 4) is 0 Å². The van der Waals surface area contributed by atoms with E-state index in [1.165, 1.54) is 5.56 Å². The number of aliphatic hydroxyl groups is 2. The van der Waals surface area contributed by atoms with E-state index in [4.69, 9.17) is 0 Å². The molecule has 5 heteroatoms. The first-order valence-electron chi connectivity index (χ1n) is 12.1. The molecule has 5 rings (SSSR count). The summed E-state index contributed by atoms with van der Waals surface area (Å²) in [6, 6.07) is 19.9. The number of carbonyl (C=O) groups excluding carboxylic acids is 1. The quantitative estimate of drug-likeness (QED) is 0.509. The van der Waals surface area contributed by atoms with E-state index in [2.05, 4.69) is 34.6 Å². The van der Waals surface area contributed by atoms with Crippen molar-refractivity contribution in [3.63, 3.8) is 0 Å². The van der Waals surface area contributed by atoms with Crippen molar-refractivity contribution in [1.82, 2.24) is 4.98 Å². The molecule has 5 nitrogen and oxygen atoms in total. The van der Waals surface area contributed by atoms with Gasteiger partial charge in [-0.25, -0.2) is 0 Å². The van der Waals surface area contributed by atoms with Crippen molar-refractivity contribution >= 4 is 11.6 Å². The Kier molecular flexibility index (Phi) is 5.78. The number of rotatable bonds is 4. The van der Waals surface area contributed by atoms with Gasteiger partial charge < -0.3 is 15.5 Å². The minimum atomic E-state index is -0.719. The Morgan fingerprint density at radius 2 is 1.91 bits per heavy atom. The number of hydrogen-bond acceptors (Lipinski definition) is 4. The lowest BCUT2D eigenvalue weighted by molar-refractivity contribution is -0.0517. The fraction of sp³-hybridized carbons (Fsp3) is 0.379. The van der Waals surface area contributed by atoms with Crippen LogP contribution in [0.2, 0.25) is 0 Å². The summed E-state index contributed by atoms with van der Waals surface area (Å²) in [7, 11) is 0. The lowest BCUT2D eigenvalue weighted by Gasteiger charge is -2.53. The van der Waals surface area contributed by atoms with Crippen molar-refractivity contribution in [2.45, 2.75) is 63.1 Å². The first-order valence-corrected chi connectivity index (χ1v) is 12.1. The largest absolute Gasteiger partial charge is 0.390 e. The highest BCUT2D eigenvalue weighted by molar-refractivity contribution is 6.04. The highest BCUT2D eigenvalue weighted by Crippen LogP contribution is 2.56. The number of aliphatic hydroxyl groups excluding tert-OH is 1. The molecule has 0 aliphatic heterocycles. The Morgan fingerprint density at radius 3 is 2.68 bits per heavy atom. The van der Waals surface area contributed by atoms with Crippen LogP contribution in [-0.2, 0) is 11.8 Å². The van der Waals surface area contributed by atoms with E-state index in [-0.39, 0.29) is 17.2 Å². The Balaban J connectivity index is 1.53. The first-order chi connectivity index (χ1) is 16.3. The number of aryl methyl sites for hydroxylation is 1. The minimum Gasteiger partial charge on any atom is -0.390 e. The van der Waals surface area contributed by atoms with Gasteiger partial charge >= 0.3 is 0 Å². The predicted molar refractivity (Wildman–Crippen MR) is 133 cm³/mol. The van der Waals surface area contributed by atoms with Gasteiger partial charge in [-0.05, 0) is 92.8 Å². The average Bonchev–Trinajstić information content (AvgIpc) is 2.82. The van der Waals surface area contributed by atoms with Gasteiger partial charge in [0, 0.05) is 17.2 Å². The number of carbonyl (C=O) groups is 1. The van der Waals surface area contributed by atoms with Crippen molar-refractivity contribution in [1.29, 1.82) is 0 Å². The SMILES string of the molecule is Cc1ncccc1NC(=O)c1ccc2c(c1)[C@H](O)C[C@@H]1C[C@](C)(O)CC[C@@]21Cc1ccccc1. The Hall–Kier alpha value is -3.02. The van der Waals surface area contributed by atoms with E-state index in [1.54, 1.807) is 12.3 Å². The van der Waals surface area contributed by atoms with Crippen LogP contribution in [0.3, 0.4) is 0 Å². The summed E-state index contributed by atoms with van der Waals surface area (Å²) in [5.41, 5.74) is 4.28. The maximum Gasteiger partial charge on any atom is 0.255 e. The molecule has 176 valence electrons. The van der Waals surface area contributed by atoms with E-state index in [0.717, 1.165) is 29.7 Å². The lowest BCUT2D eigenvalue weighted by Crippen LogP contribution is -2.51. The summed E-state index contributed by atoms with van der Waals surface area (Å²) in [4.78, 5) is 17.3. The zero-order valence-electron chi connectivity index (χ0n) is 19.8. The molecule has 2 aromatic carbocycles. The standard InChI is InChI=1S/C29H32N2O3/c1-19-25(9-6-14-30-19)31-27(33)21-10-11-24-23(15-21)26(32)16-22-18-28(2,34)12-13-29(22,24)17-20-7-4-3-5-8-20/h3-11,14-15,22,26,32,34H,12-13,16-18H2,1-2H3,(H,31,33)/t22-,26-,28-,29+/m1/s1. The highest BCUT2D eigenvalue weighted by Gasteiger charge is 2.52. The number of nitrogens with one attached hydrogen (secondary N) is 1. The third kappa shape index (κ3) is 4.15. The van der Waals surface area contributed by atoms with E-state index in [1.807, 2.05) is 44.2 Å². The second-order valence-corrected chi connectivity index (χ2v) is 10.4. The Labute approximate surface area is 200 Å². The Bertz CT molecular complexity index is 1210. The number of nitrogens with zero attached hydrogens (tertiary/aromatic N) is 1. The molecule has 0 unspecified atom stereocenters. The maximum absolute atomic E-state index is 13.0. The van der Waals surface area contributed by atoms with Crippen molar-refractivity contribution in [2.75, 3.05) is 5.32 Å². The fourth-order valence-corrected chi connectivity index (χ4v) is 6.12. The number of benzene rings is 2. The number of hydrogen-bond donors (Lipinski definition) is 3. The summed E-state index contributed by atoms with van der Waals surface area (Å²) in [5.74, 6) is -0.0476. The summed E-state index contributed by atoms with van der Waals surface area (Å²) in [6.07, 6.45) is 4.71. The molecule has 1 aromatic heterocycles. The van der Waals surface area contributed by atoms with E-state index in [0.29, 0.717) is 30.5 Å². The molecule has 2 aliphatic carbocycles. The van der Waals surface area contributed by atoms with Gasteiger partial charge in [-0.1, -0.05) is 36.4 Å². The smallest absolute Gasteiger partial charge is 0.255 e. The van der Waals surface area contributed by atoms with E-state index < -0.39 is 11.7 Å². The van der Waals surface area contributed by atoms with Gasteiger partial charge in [0.2, 0.25) is 0 Å². The number of amides is 1. The van der Waals surface area contributed by atoms with Crippen LogP contribution >= 0.6 is 0 Å². The number of fused-ring (bicyclic) bond motifs is 3. The molecule has 0 spiro atoms. The topological polar surface area (TPSA) is 82.5 Å². The molecule has 2 aliphatic rings. The molecular formula is C29H32N2O3. The van der Waals surface area contributed by atoms with Crippen LogP contribution in [0.1, 0.15) is 71.5 Å². The fourth-order valence-electron chi connectivity index (χ4n) is 6.12. The van der Waals surface area contributed by atoms with Crippen LogP contribution in [0, 0.1) is 12.8 Å². The van der Waals surface area contributed by atoms with Gasteiger partial charge in [0.05, 0.1) is 23.1 Å². The third-order valence-corrected chi connectivity index (χ3v) is 7.91. The van der Waals surface area contributed by atoms with Gasteiger partial charge in [-0.15, -0.1) is 0 Å². The zero-order chi connectivity index (χ0) is 23.9. The summed E-state index contributed by atoms with van der Waals surface area (Å²) < 4.78 is 0. The number of pyridine rings is 1. The second kappa shape index (κ2) is 8.64. The van der Waals surface area contributed by atoms with Crippen LogP contribution in [0.4, 0.5) is 5.69 Å². The molecule has 34 heavy (non-hydrogen) atoms. The van der Waals surface area contributed by atoms with E-state index in [9.17, 15) is 15.0 Å². The molecule has 0 bridgehead atoms. The molecule has 0 radical (unpaired) electrons. The lowest BCUT2D eigenvalue weighted by atomic mass is 9.52. The molecule has 1 amide bonds. The van der Waals surface area contributed by atoms with Crippen molar-refractivity contribution < 1.29 is 15.0 Å². The minimum absolute atomic E-state index is 0.164. The normalized spacial score (nSPS) is 28.0. The summed E-state index contributed by atoms with van der Waals surface area (Å²) in [5, 5.41) is 25.0. The third-order valence-electron chi connectivity index (χ3n) is 7.91. The number of anilines is 1. The monoisotopic (exact) mass is 456 g/mol. The zero-order valence-corrected chi connectivity index (χ0v) is 19.8. The van der Waals surface area contributed by atoms with Crippen LogP contribution in [0.5, 0.6) is 0 Å². The Morgan fingerprint density at radius 1 is 1.12 bits per heavy atom. The van der Waals surface area contributed by atoms with Crippen molar-refractivity contribution in [2.24, 2.45) is 5.92 Å². The summed E-state index contributed by atoms with van der Waals surface area (Å²) in [6.45, 7) is 3.77. The second-order valence-electron chi connectivity index (χ2n) is 10.4. The highest BCUT2D eigenvalue weighted by atomic mass is 16.3. The molecule has 4 atom stereocenters. The van der Waals surface area contributed by atoms with Gasteiger partial charge in [0.25, 0.3) is 5.91 Å². The van der Waals surface area contributed by atoms with Gasteiger partial charge in [-0.3, -0.25) is 9.78 Å². The summed E-state index contributed by atoms with van der Waals surface area (Å²) >= 11 is 0.